The molecule has 1 atom stereocenters. The second-order valence-corrected chi connectivity index (χ2v) is 8.99. The van der Waals surface area contributed by atoms with Crippen molar-refractivity contribution in [3.8, 4) is 5.75 Å². The van der Waals surface area contributed by atoms with Crippen molar-refractivity contribution >= 4 is 17.2 Å². The van der Waals surface area contributed by atoms with Crippen LogP contribution in [0.3, 0.4) is 0 Å². The summed E-state index contributed by atoms with van der Waals surface area (Å²) in [6.45, 7) is 12.5. The van der Waals surface area contributed by atoms with Crippen LogP contribution in [0.15, 0.2) is 35.7 Å². The summed E-state index contributed by atoms with van der Waals surface area (Å²) in [5, 5.41) is 3.32. The number of benzene rings is 1. The molecular formula is C21H29N3O2S. The normalized spacial score (nSPS) is 17.0. The van der Waals surface area contributed by atoms with E-state index < -0.39 is 6.10 Å². The summed E-state index contributed by atoms with van der Waals surface area (Å²) < 4.78 is 5.77. The molecule has 2 heterocycles. The molecule has 1 amide bonds. The Kier molecular flexibility index (Phi) is 6.17. The van der Waals surface area contributed by atoms with Crippen molar-refractivity contribution in [3.05, 3.63) is 46.4 Å². The minimum atomic E-state index is -0.466. The molecule has 0 N–H and O–H groups in total. The number of aromatic nitrogens is 1. The van der Waals surface area contributed by atoms with E-state index in [2.05, 4.69) is 31.1 Å². The highest BCUT2D eigenvalue weighted by Gasteiger charge is 2.26. The molecule has 0 bridgehead atoms. The lowest BCUT2D eigenvalue weighted by Gasteiger charge is -2.35. The number of piperazine rings is 1. The van der Waals surface area contributed by atoms with Crippen LogP contribution in [0, 0.1) is 0 Å². The first kappa shape index (κ1) is 19.8. The maximum absolute atomic E-state index is 12.7. The van der Waals surface area contributed by atoms with E-state index in [9.17, 15) is 4.79 Å². The highest BCUT2D eigenvalue weighted by atomic mass is 32.1. The average Bonchev–Trinajstić information content (AvgIpc) is 3.11. The van der Waals surface area contributed by atoms with E-state index in [0.717, 1.165) is 49.2 Å². The predicted molar refractivity (Wildman–Crippen MR) is 109 cm³/mol. The van der Waals surface area contributed by atoms with Gasteiger partial charge in [-0.1, -0.05) is 39.0 Å². The van der Waals surface area contributed by atoms with E-state index >= 15 is 0 Å². The molecule has 5 nitrogen and oxygen atoms in total. The fourth-order valence-corrected chi connectivity index (χ4v) is 4.12. The van der Waals surface area contributed by atoms with Crippen LogP contribution in [0.25, 0.3) is 0 Å². The Bertz CT molecular complexity index is 746. The largest absolute Gasteiger partial charge is 0.481 e. The van der Waals surface area contributed by atoms with Crippen LogP contribution in [0.2, 0.25) is 0 Å². The first-order valence-electron chi connectivity index (χ1n) is 9.50. The van der Waals surface area contributed by atoms with E-state index in [4.69, 9.17) is 9.72 Å². The van der Waals surface area contributed by atoms with Gasteiger partial charge in [0.1, 0.15) is 10.8 Å². The summed E-state index contributed by atoms with van der Waals surface area (Å²) in [4.78, 5) is 21.7. The smallest absolute Gasteiger partial charge is 0.263 e. The Balaban J connectivity index is 1.48. The number of para-hydroxylation sites is 1. The molecule has 0 aliphatic carbocycles. The lowest BCUT2D eigenvalue weighted by molar-refractivity contribution is -0.139. The van der Waals surface area contributed by atoms with Gasteiger partial charge in [0.25, 0.3) is 5.91 Å². The van der Waals surface area contributed by atoms with Gasteiger partial charge in [0, 0.05) is 37.0 Å². The minimum Gasteiger partial charge on any atom is -0.481 e. The Morgan fingerprint density at radius 1 is 1.19 bits per heavy atom. The SMILES string of the molecule is CC(Oc1ccccc1)C(=O)N1CCN(Cc2nc(C(C)(C)C)cs2)CC1. The number of rotatable bonds is 5. The standard InChI is InChI=1S/C21H29N3O2S/c1-16(26-17-8-6-5-7-9-17)20(25)24-12-10-23(11-13-24)14-19-22-18(15-27-19)21(2,3)4/h5-9,15-16H,10-14H2,1-4H3. The fourth-order valence-electron chi connectivity index (χ4n) is 3.06. The number of nitrogens with zero attached hydrogens (tertiary/aromatic N) is 3. The Labute approximate surface area is 166 Å². The second kappa shape index (κ2) is 8.40. The third kappa shape index (κ3) is 5.30. The number of carbonyl (C=O) groups excluding carboxylic acids is 1. The van der Waals surface area contributed by atoms with E-state index in [-0.39, 0.29) is 11.3 Å². The van der Waals surface area contributed by atoms with Crippen LogP contribution in [0.1, 0.15) is 38.4 Å². The molecule has 0 spiro atoms. The Morgan fingerprint density at radius 3 is 2.44 bits per heavy atom. The maximum atomic E-state index is 12.7. The quantitative estimate of drug-likeness (QED) is 0.787. The highest BCUT2D eigenvalue weighted by molar-refractivity contribution is 7.09. The van der Waals surface area contributed by atoms with Gasteiger partial charge in [0.15, 0.2) is 6.10 Å². The van der Waals surface area contributed by atoms with Crippen molar-refractivity contribution < 1.29 is 9.53 Å². The monoisotopic (exact) mass is 387 g/mol. The van der Waals surface area contributed by atoms with Gasteiger partial charge >= 0.3 is 0 Å². The molecule has 146 valence electrons. The van der Waals surface area contributed by atoms with Gasteiger partial charge in [0.2, 0.25) is 0 Å². The van der Waals surface area contributed by atoms with E-state index in [1.165, 1.54) is 0 Å². The molecular weight excluding hydrogens is 358 g/mol. The average molecular weight is 388 g/mol. The van der Waals surface area contributed by atoms with E-state index in [1.807, 2.05) is 42.2 Å². The Hall–Kier alpha value is -1.92. The van der Waals surface area contributed by atoms with Gasteiger partial charge in [-0.15, -0.1) is 11.3 Å². The maximum Gasteiger partial charge on any atom is 0.263 e. The molecule has 1 aromatic carbocycles. The van der Waals surface area contributed by atoms with E-state index in [1.54, 1.807) is 11.3 Å². The zero-order chi connectivity index (χ0) is 19.4. The van der Waals surface area contributed by atoms with Gasteiger partial charge in [-0.2, -0.15) is 0 Å². The third-order valence-corrected chi connectivity index (χ3v) is 5.60. The fraction of sp³-hybridized carbons (Fsp3) is 0.524. The van der Waals surface area contributed by atoms with Crippen LogP contribution in [0.5, 0.6) is 5.75 Å². The zero-order valence-corrected chi connectivity index (χ0v) is 17.5. The molecule has 1 fully saturated rings. The number of carbonyl (C=O) groups is 1. The molecule has 1 aliphatic heterocycles. The molecule has 1 aromatic heterocycles. The second-order valence-electron chi connectivity index (χ2n) is 8.05. The summed E-state index contributed by atoms with van der Waals surface area (Å²) in [5.41, 5.74) is 1.25. The van der Waals surface area contributed by atoms with Crippen molar-refractivity contribution in [1.29, 1.82) is 0 Å². The van der Waals surface area contributed by atoms with Crippen molar-refractivity contribution in [3.63, 3.8) is 0 Å². The molecule has 0 saturated carbocycles. The summed E-state index contributed by atoms with van der Waals surface area (Å²) in [5.74, 6) is 0.790. The molecule has 6 heteroatoms. The molecule has 1 aliphatic rings. The summed E-state index contributed by atoms with van der Waals surface area (Å²) >= 11 is 1.73. The van der Waals surface area contributed by atoms with Gasteiger partial charge in [-0.3, -0.25) is 9.69 Å². The van der Waals surface area contributed by atoms with Crippen molar-refractivity contribution in [2.24, 2.45) is 0 Å². The van der Waals surface area contributed by atoms with Crippen LogP contribution in [-0.4, -0.2) is 53.0 Å². The predicted octanol–water partition coefficient (Wildman–Crippen LogP) is 3.55. The van der Waals surface area contributed by atoms with Crippen LogP contribution >= 0.6 is 11.3 Å². The van der Waals surface area contributed by atoms with Crippen LogP contribution in [0.4, 0.5) is 0 Å². The molecule has 0 radical (unpaired) electrons. The molecule has 3 rings (SSSR count). The first-order chi connectivity index (χ1) is 12.8. The van der Waals surface area contributed by atoms with E-state index in [0.29, 0.717) is 0 Å². The summed E-state index contributed by atoms with van der Waals surface area (Å²) in [6, 6.07) is 9.51. The first-order valence-corrected chi connectivity index (χ1v) is 10.4. The van der Waals surface area contributed by atoms with Crippen molar-refractivity contribution in [2.75, 3.05) is 26.2 Å². The van der Waals surface area contributed by atoms with Gasteiger partial charge < -0.3 is 9.64 Å². The topological polar surface area (TPSA) is 45.7 Å². The molecule has 27 heavy (non-hydrogen) atoms. The highest BCUT2D eigenvalue weighted by Crippen LogP contribution is 2.24. The van der Waals surface area contributed by atoms with Gasteiger partial charge in [-0.25, -0.2) is 4.98 Å². The lowest BCUT2D eigenvalue weighted by atomic mass is 9.93. The lowest BCUT2D eigenvalue weighted by Crippen LogP contribution is -2.51. The summed E-state index contributed by atoms with van der Waals surface area (Å²) in [7, 11) is 0. The van der Waals surface area contributed by atoms with Gasteiger partial charge in [-0.05, 0) is 19.1 Å². The minimum absolute atomic E-state index is 0.0581. The number of thiazole rings is 1. The number of hydrogen-bond donors (Lipinski definition) is 0. The number of ether oxygens (including phenoxy) is 1. The molecule has 1 unspecified atom stereocenters. The van der Waals surface area contributed by atoms with Crippen molar-refractivity contribution in [1.82, 2.24) is 14.8 Å². The zero-order valence-electron chi connectivity index (χ0n) is 16.6. The molecule has 1 saturated heterocycles. The Morgan fingerprint density at radius 2 is 1.85 bits per heavy atom. The number of hydrogen-bond acceptors (Lipinski definition) is 5. The van der Waals surface area contributed by atoms with Gasteiger partial charge in [0.05, 0.1) is 12.2 Å². The third-order valence-electron chi connectivity index (χ3n) is 4.77. The summed E-state index contributed by atoms with van der Waals surface area (Å²) in [6.07, 6.45) is -0.466. The van der Waals surface area contributed by atoms with Crippen LogP contribution < -0.4 is 4.74 Å². The molecule has 2 aromatic rings. The number of amides is 1. The van der Waals surface area contributed by atoms with Crippen molar-refractivity contribution in [2.45, 2.75) is 45.8 Å². The van der Waals surface area contributed by atoms with Crippen LogP contribution in [-0.2, 0) is 16.8 Å².